The third kappa shape index (κ3) is 21.7. The predicted molar refractivity (Wildman–Crippen MR) is 146 cm³/mol. The molecule has 1 saturated heterocycles. The summed E-state index contributed by atoms with van der Waals surface area (Å²) >= 11 is 0. The summed E-state index contributed by atoms with van der Waals surface area (Å²) < 4.78 is 0. The molecule has 0 aromatic heterocycles. The number of piperidine rings is 1. The molecule has 1 aromatic rings. The van der Waals surface area contributed by atoms with E-state index < -0.39 is 5.97 Å². The number of hydrogen-bond acceptors (Lipinski definition) is 3. The number of carbonyl (C=O) groups is 2. The van der Waals surface area contributed by atoms with Crippen molar-refractivity contribution in [1.29, 1.82) is 0 Å². The summed E-state index contributed by atoms with van der Waals surface area (Å²) in [6, 6.07) is 10.9. The van der Waals surface area contributed by atoms with Crippen LogP contribution in [-0.2, 0) is 16.0 Å². The number of carboxylic acid groups (broad SMARTS) is 1. The normalized spacial score (nSPS) is 13.9. The molecular formula is C29H53NO4. The van der Waals surface area contributed by atoms with Crippen LogP contribution in [-0.4, -0.2) is 46.2 Å². The fourth-order valence-corrected chi connectivity index (χ4v) is 3.32. The zero-order valence-electron chi connectivity index (χ0n) is 22.9. The lowest BCUT2D eigenvalue weighted by Crippen LogP contribution is -2.43. The minimum Gasteiger partial charge on any atom is -0.481 e. The third-order valence-electron chi connectivity index (χ3n) is 4.81. The first-order valence-corrected chi connectivity index (χ1v) is 13.3. The molecule has 1 aliphatic rings. The Morgan fingerprint density at radius 2 is 1.71 bits per heavy atom. The number of carboxylic acids is 1. The van der Waals surface area contributed by atoms with Crippen LogP contribution in [0.2, 0.25) is 0 Å². The molecular weight excluding hydrogens is 426 g/mol. The number of hydrogen-bond donors (Lipinski definition) is 2. The average molecular weight is 480 g/mol. The second-order valence-electron chi connectivity index (χ2n) is 7.48. The molecule has 0 bridgehead atoms. The molecule has 1 heterocycles. The van der Waals surface area contributed by atoms with E-state index in [2.05, 4.69) is 43.8 Å². The van der Waals surface area contributed by atoms with E-state index in [0.29, 0.717) is 25.4 Å². The van der Waals surface area contributed by atoms with Crippen LogP contribution in [0.3, 0.4) is 0 Å². The maximum Gasteiger partial charge on any atom is 0.303 e. The van der Waals surface area contributed by atoms with Crippen LogP contribution in [0, 0.1) is 0 Å². The Bertz CT molecular complexity index is 575. The molecule has 1 unspecified atom stereocenters. The van der Waals surface area contributed by atoms with E-state index in [1.54, 1.807) is 6.08 Å². The van der Waals surface area contributed by atoms with Gasteiger partial charge >= 0.3 is 5.97 Å². The number of amides is 1. The number of aryl methyl sites for hydroxylation is 1. The number of aliphatic hydroxyl groups is 1. The van der Waals surface area contributed by atoms with E-state index in [1.807, 2.05) is 39.5 Å². The van der Waals surface area contributed by atoms with Crippen molar-refractivity contribution in [3.63, 3.8) is 0 Å². The van der Waals surface area contributed by atoms with E-state index >= 15 is 0 Å². The van der Waals surface area contributed by atoms with Crippen molar-refractivity contribution in [2.24, 2.45) is 0 Å². The van der Waals surface area contributed by atoms with Gasteiger partial charge in [-0.2, -0.15) is 0 Å². The highest BCUT2D eigenvalue weighted by molar-refractivity contribution is 5.77. The number of unbranched alkanes of at least 4 members (excludes halogenated alkanes) is 1. The van der Waals surface area contributed by atoms with Crippen molar-refractivity contribution in [3.05, 3.63) is 48.6 Å². The second kappa shape index (κ2) is 28.9. The number of nitrogens with zero attached hydrogens (tertiary/aromatic N) is 1. The van der Waals surface area contributed by atoms with Gasteiger partial charge in [0.1, 0.15) is 0 Å². The summed E-state index contributed by atoms with van der Waals surface area (Å²) in [5.74, 6) is -0.451. The number of likely N-dealkylation sites (tertiary alicyclic amines) is 1. The van der Waals surface area contributed by atoms with Crippen LogP contribution in [0.5, 0.6) is 0 Å². The van der Waals surface area contributed by atoms with Crippen molar-refractivity contribution in [3.8, 4) is 0 Å². The molecule has 198 valence electrons. The Morgan fingerprint density at radius 3 is 2.15 bits per heavy atom. The Kier molecular flexibility index (Phi) is 31.0. The SMILES string of the molecule is C=CCN1C(=O)CCCC1CCCCO.CC.CC.CCCC(=O)O.CCCc1ccccc1. The van der Waals surface area contributed by atoms with E-state index in [0.717, 1.165) is 38.5 Å². The van der Waals surface area contributed by atoms with Gasteiger partial charge in [0.25, 0.3) is 0 Å². The second-order valence-corrected chi connectivity index (χ2v) is 7.48. The van der Waals surface area contributed by atoms with Crippen LogP contribution >= 0.6 is 0 Å². The molecule has 1 atom stereocenters. The van der Waals surface area contributed by atoms with E-state index in [-0.39, 0.29) is 12.5 Å². The molecule has 0 saturated carbocycles. The smallest absolute Gasteiger partial charge is 0.303 e. The van der Waals surface area contributed by atoms with Crippen molar-refractivity contribution in [2.75, 3.05) is 13.2 Å². The molecule has 1 aromatic carbocycles. The Hall–Kier alpha value is -2.14. The first-order valence-electron chi connectivity index (χ1n) is 13.3. The molecule has 1 aliphatic heterocycles. The first-order chi connectivity index (χ1) is 16.5. The maximum absolute atomic E-state index is 11.7. The molecule has 5 nitrogen and oxygen atoms in total. The molecule has 1 amide bonds. The number of carbonyl (C=O) groups excluding carboxylic acids is 1. The quantitative estimate of drug-likeness (QED) is 0.273. The Labute approximate surface area is 210 Å². The van der Waals surface area contributed by atoms with Crippen molar-refractivity contribution in [2.45, 2.75) is 112 Å². The van der Waals surface area contributed by atoms with Crippen molar-refractivity contribution >= 4 is 11.9 Å². The number of aliphatic hydroxyl groups excluding tert-OH is 1. The zero-order valence-corrected chi connectivity index (χ0v) is 22.9. The average Bonchev–Trinajstić information content (AvgIpc) is 2.85. The summed E-state index contributed by atoms with van der Waals surface area (Å²) in [5.41, 5.74) is 1.44. The molecule has 0 aliphatic carbocycles. The largest absolute Gasteiger partial charge is 0.481 e. The third-order valence-corrected chi connectivity index (χ3v) is 4.81. The highest BCUT2D eigenvalue weighted by Crippen LogP contribution is 2.22. The van der Waals surface area contributed by atoms with E-state index in [9.17, 15) is 9.59 Å². The molecule has 5 heteroatoms. The summed E-state index contributed by atoms with van der Waals surface area (Å²) in [4.78, 5) is 23.2. The molecule has 34 heavy (non-hydrogen) atoms. The van der Waals surface area contributed by atoms with Crippen LogP contribution in [0.15, 0.2) is 43.0 Å². The number of rotatable bonds is 10. The molecule has 0 radical (unpaired) electrons. The first kappa shape index (κ1) is 36.4. The van der Waals surface area contributed by atoms with Gasteiger partial charge in [0, 0.05) is 32.0 Å². The Morgan fingerprint density at radius 1 is 1.09 bits per heavy atom. The zero-order chi connectivity index (χ0) is 26.6. The summed E-state index contributed by atoms with van der Waals surface area (Å²) in [6.45, 7) is 16.7. The van der Waals surface area contributed by atoms with E-state index in [4.69, 9.17) is 10.2 Å². The lowest BCUT2D eigenvalue weighted by molar-refractivity contribution is -0.137. The highest BCUT2D eigenvalue weighted by atomic mass is 16.4. The van der Waals surface area contributed by atoms with Crippen LogP contribution < -0.4 is 0 Å². The summed E-state index contributed by atoms with van der Waals surface area (Å²) in [6.07, 6.45) is 10.9. The van der Waals surface area contributed by atoms with Gasteiger partial charge in [-0.25, -0.2) is 0 Å². The highest BCUT2D eigenvalue weighted by Gasteiger charge is 2.26. The standard InChI is InChI=1S/C12H21NO2.C9H12.C4H8O2.2C2H6/c1-2-9-13-11(6-3-4-10-14)7-5-8-12(13)15;1-2-6-9-7-4-3-5-8-9;1-2-3-4(5)6;2*1-2/h2,11,14H,1,3-10H2;3-5,7-8H,2,6H2,1H3;2-3H2,1H3,(H,5,6);2*1-2H3. The van der Waals surface area contributed by atoms with Gasteiger partial charge in [-0.15, -0.1) is 6.58 Å². The van der Waals surface area contributed by atoms with Gasteiger partial charge < -0.3 is 15.1 Å². The monoisotopic (exact) mass is 479 g/mol. The van der Waals surface area contributed by atoms with Gasteiger partial charge in [-0.3, -0.25) is 9.59 Å². The number of benzene rings is 1. The minimum absolute atomic E-state index is 0.252. The van der Waals surface area contributed by atoms with Gasteiger partial charge in [-0.1, -0.05) is 84.4 Å². The maximum atomic E-state index is 11.7. The van der Waals surface area contributed by atoms with E-state index in [1.165, 1.54) is 18.4 Å². The molecule has 2 N–H and O–H groups in total. The van der Waals surface area contributed by atoms with Crippen LogP contribution in [0.25, 0.3) is 0 Å². The molecule has 1 fully saturated rings. The number of aliphatic carboxylic acids is 1. The van der Waals surface area contributed by atoms with Gasteiger partial charge in [0.2, 0.25) is 5.91 Å². The van der Waals surface area contributed by atoms with Crippen molar-refractivity contribution < 1.29 is 19.8 Å². The predicted octanol–water partition coefficient (Wildman–Crippen LogP) is 7.28. The fourth-order valence-electron chi connectivity index (χ4n) is 3.32. The minimum atomic E-state index is -0.711. The summed E-state index contributed by atoms with van der Waals surface area (Å²) in [7, 11) is 0. The summed E-state index contributed by atoms with van der Waals surface area (Å²) in [5, 5.41) is 16.6. The topological polar surface area (TPSA) is 77.8 Å². The van der Waals surface area contributed by atoms with Crippen LogP contribution in [0.4, 0.5) is 0 Å². The molecule has 2 rings (SSSR count). The lowest BCUT2D eigenvalue weighted by atomic mass is 9.97. The molecule has 0 spiro atoms. The van der Waals surface area contributed by atoms with Crippen LogP contribution in [0.1, 0.15) is 105 Å². The van der Waals surface area contributed by atoms with Gasteiger partial charge in [0.15, 0.2) is 0 Å². The fraction of sp³-hybridized carbons (Fsp3) is 0.655. The van der Waals surface area contributed by atoms with Crippen molar-refractivity contribution in [1.82, 2.24) is 4.90 Å². The Balaban J connectivity index is -0.000000431. The lowest BCUT2D eigenvalue weighted by Gasteiger charge is -2.35. The van der Waals surface area contributed by atoms with Gasteiger partial charge in [-0.05, 0) is 50.5 Å². The van der Waals surface area contributed by atoms with Gasteiger partial charge in [0.05, 0.1) is 0 Å².